The summed E-state index contributed by atoms with van der Waals surface area (Å²) >= 11 is 1.75. The second-order valence-electron chi connectivity index (χ2n) is 7.19. The van der Waals surface area contributed by atoms with Crippen LogP contribution in [0.3, 0.4) is 0 Å². The molecule has 2 atom stereocenters. The van der Waals surface area contributed by atoms with E-state index in [1.807, 2.05) is 5.38 Å². The average molecular weight is 371 g/mol. The Hall–Kier alpha value is -0.620. The van der Waals surface area contributed by atoms with Crippen molar-refractivity contribution in [3.8, 4) is 0 Å². The highest BCUT2D eigenvalue weighted by Crippen LogP contribution is 2.44. The highest BCUT2D eigenvalue weighted by Gasteiger charge is 2.40. The van der Waals surface area contributed by atoms with Crippen molar-refractivity contribution in [1.82, 2.24) is 10.6 Å². The summed E-state index contributed by atoms with van der Waals surface area (Å²) in [7, 11) is 0. The van der Waals surface area contributed by atoms with Crippen LogP contribution in [0.2, 0.25) is 0 Å². The van der Waals surface area contributed by atoms with Crippen LogP contribution in [0.1, 0.15) is 66.1 Å². The van der Waals surface area contributed by atoms with Crippen LogP contribution >= 0.6 is 23.7 Å². The van der Waals surface area contributed by atoms with Crippen LogP contribution in [0.15, 0.2) is 11.4 Å². The molecule has 0 radical (unpaired) electrons. The fourth-order valence-corrected chi connectivity index (χ4v) is 4.93. The predicted octanol–water partition coefficient (Wildman–Crippen LogP) is 3.47. The van der Waals surface area contributed by atoms with Crippen LogP contribution < -0.4 is 10.6 Å². The summed E-state index contributed by atoms with van der Waals surface area (Å²) in [6, 6.07) is 3.73. The van der Waals surface area contributed by atoms with Crippen molar-refractivity contribution in [2.24, 2.45) is 0 Å². The van der Waals surface area contributed by atoms with Crippen molar-refractivity contribution in [3.63, 3.8) is 0 Å². The number of carbonyl (C=O) groups excluding carboxylic acids is 1. The van der Waals surface area contributed by atoms with Gasteiger partial charge in [0.15, 0.2) is 0 Å². The molecule has 1 saturated heterocycles. The van der Waals surface area contributed by atoms with E-state index >= 15 is 0 Å². The minimum atomic E-state index is 0. The topological polar surface area (TPSA) is 50.4 Å². The van der Waals surface area contributed by atoms with Crippen molar-refractivity contribution in [2.45, 2.75) is 69.0 Å². The standard InChI is InChI=1S/C18H26N2O2S.ClH/c21-18(20-13-3-1-2-4-13)12-9-17(23-11-12)15-10-16(15)19-14-5-7-22-8-6-14;/h9,11,13-16,19H,1-8,10H2,(H,20,21);1H. The quantitative estimate of drug-likeness (QED) is 0.834. The van der Waals surface area contributed by atoms with Crippen LogP contribution in [-0.4, -0.2) is 37.2 Å². The van der Waals surface area contributed by atoms with Crippen molar-refractivity contribution < 1.29 is 9.53 Å². The third-order valence-corrected chi connectivity index (χ3v) is 6.46. The van der Waals surface area contributed by atoms with Gasteiger partial charge in [-0.2, -0.15) is 0 Å². The summed E-state index contributed by atoms with van der Waals surface area (Å²) in [5.41, 5.74) is 0.855. The lowest BCUT2D eigenvalue weighted by Crippen LogP contribution is -2.36. The zero-order chi connectivity index (χ0) is 15.6. The SMILES string of the molecule is Cl.O=C(NC1CCCC1)c1csc(C2CC2NC2CCOCC2)c1. The highest BCUT2D eigenvalue weighted by molar-refractivity contribution is 7.10. The van der Waals surface area contributed by atoms with Crippen LogP contribution in [0.25, 0.3) is 0 Å². The van der Waals surface area contributed by atoms with E-state index < -0.39 is 0 Å². The third kappa shape index (κ3) is 4.31. The predicted molar refractivity (Wildman–Crippen MR) is 99.4 cm³/mol. The molecule has 0 bridgehead atoms. The first-order valence-electron chi connectivity index (χ1n) is 9.02. The molecular weight excluding hydrogens is 344 g/mol. The molecule has 1 amide bonds. The molecule has 2 unspecified atom stereocenters. The van der Waals surface area contributed by atoms with Gasteiger partial charge in [-0.1, -0.05) is 12.8 Å². The first kappa shape index (κ1) is 18.2. The molecule has 0 aromatic carbocycles. The molecule has 1 aromatic heterocycles. The van der Waals surface area contributed by atoms with Crippen molar-refractivity contribution >= 4 is 29.7 Å². The Morgan fingerprint density at radius 2 is 1.88 bits per heavy atom. The molecule has 134 valence electrons. The number of carbonyl (C=O) groups is 1. The zero-order valence-electron chi connectivity index (χ0n) is 14.0. The Morgan fingerprint density at radius 3 is 2.62 bits per heavy atom. The van der Waals surface area contributed by atoms with Gasteiger partial charge in [0, 0.05) is 47.5 Å². The van der Waals surface area contributed by atoms with E-state index in [0.717, 1.165) is 44.5 Å². The Morgan fingerprint density at radius 1 is 1.12 bits per heavy atom. The number of ether oxygens (including phenoxy) is 1. The van der Waals surface area contributed by atoms with Gasteiger partial charge in [-0.3, -0.25) is 4.79 Å². The summed E-state index contributed by atoms with van der Waals surface area (Å²) < 4.78 is 5.41. The van der Waals surface area contributed by atoms with Crippen LogP contribution in [0.4, 0.5) is 0 Å². The van der Waals surface area contributed by atoms with Gasteiger partial charge in [-0.15, -0.1) is 23.7 Å². The summed E-state index contributed by atoms with van der Waals surface area (Å²) in [5.74, 6) is 0.727. The minimum absolute atomic E-state index is 0. The third-order valence-electron chi connectivity index (χ3n) is 5.40. The van der Waals surface area contributed by atoms with Crippen molar-refractivity contribution in [2.75, 3.05) is 13.2 Å². The summed E-state index contributed by atoms with van der Waals surface area (Å²) in [6.07, 6.45) is 8.25. The van der Waals surface area contributed by atoms with E-state index in [1.54, 1.807) is 11.3 Å². The van der Waals surface area contributed by atoms with Crippen molar-refractivity contribution in [1.29, 1.82) is 0 Å². The van der Waals surface area contributed by atoms with E-state index in [9.17, 15) is 4.79 Å². The second kappa shape index (κ2) is 8.17. The number of hydrogen-bond donors (Lipinski definition) is 2. The van der Waals surface area contributed by atoms with Gasteiger partial charge >= 0.3 is 0 Å². The monoisotopic (exact) mass is 370 g/mol. The number of thiophene rings is 1. The van der Waals surface area contributed by atoms with Gasteiger partial charge in [0.2, 0.25) is 0 Å². The largest absolute Gasteiger partial charge is 0.381 e. The molecule has 4 nitrogen and oxygen atoms in total. The van der Waals surface area contributed by atoms with E-state index in [1.165, 1.54) is 24.1 Å². The number of rotatable bonds is 5. The summed E-state index contributed by atoms with van der Waals surface area (Å²) in [4.78, 5) is 13.7. The van der Waals surface area contributed by atoms with E-state index in [-0.39, 0.29) is 18.3 Å². The van der Waals surface area contributed by atoms with E-state index in [0.29, 0.717) is 24.0 Å². The Balaban J connectivity index is 0.00000169. The maximum atomic E-state index is 12.3. The summed E-state index contributed by atoms with van der Waals surface area (Å²) in [5, 5.41) is 8.98. The first-order chi connectivity index (χ1) is 11.3. The molecule has 2 aliphatic carbocycles. The second-order valence-corrected chi connectivity index (χ2v) is 8.14. The number of nitrogens with one attached hydrogen (secondary N) is 2. The lowest BCUT2D eigenvalue weighted by Gasteiger charge is -2.23. The lowest BCUT2D eigenvalue weighted by atomic mass is 10.1. The molecular formula is C18H27ClN2O2S. The molecule has 2 N–H and O–H groups in total. The Kier molecular flexibility index (Phi) is 6.19. The van der Waals surface area contributed by atoms with Gasteiger partial charge in [0.05, 0.1) is 5.56 Å². The van der Waals surface area contributed by atoms with E-state index in [2.05, 4.69) is 16.7 Å². The smallest absolute Gasteiger partial charge is 0.252 e. The molecule has 6 heteroatoms. The lowest BCUT2D eigenvalue weighted by molar-refractivity contribution is 0.0774. The molecule has 1 aromatic rings. The minimum Gasteiger partial charge on any atom is -0.381 e. The summed E-state index contributed by atoms with van der Waals surface area (Å²) in [6.45, 7) is 1.78. The van der Waals surface area contributed by atoms with Crippen LogP contribution in [0, 0.1) is 0 Å². The molecule has 24 heavy (non-hydrogen) atoms. The zero-order valence-corrected chi connectivity index (χ0v) is 15.6. The number of hydrogen-bond acceptors (Lipinski definition) is 4. The molecule has 4 rings (SSSR count). The maximum absolute atomic E-state index is 12.3. The molecule has 2 heterocycles. The van der Waals surface area contributed by atoms with Crippen LogP contribution in [0.5, 0.6) is 0 Å². The van der Waals surface area contributed by atoms with Crippen molar-refractivity contribution in [3.05, 3.63) is 21.9 Å². The molecule has 2 saturated carbocycles. The normalized spacial score (nSPS) is 27.7. The molecule has 3 aliphatic rings. The molecule has 0 spiro atoms. The van der Waals surface area contributed by atoms with Gasteiger partial charge in [-0.05, 0) is 38.2 Å². The van der Waals surface area contributed by atoms with Gasteiger partial charge in [0.1, 0.15) is 0 Å². The Bertz CT molecular complexity index is 553. The van der Waals surface area contributed by atoms with Gasteiger partial charge in [-0.25, -0.2) is 0 Å². The molecule has 1 aliphatic heterocycles. The molecule has 3 fully saturated rings. The fourth-order valence-electron chi connectivity index (χ4n) is 3.87. The Labute approximate surface area is 154 Å². The number of amides is 1. The average Bonchev–Trinajstić information content (AvgIpc) is 2.98. The maximum Gasteiger partial charge on any atom is 0.252 e. The van der Waals surface area contributed by atoms with Crippen LogP contribution in [-0.2, 0) is 4.74 Å². The number of halogens is 1. The van der Waals surface area contributed by atoms with E-state index in [4.69, 9.17) is 4.74 Å². The van der Waals surface area contributed by atoms with Gasteiger partial charge in [0.25, 0.3) is 5.91 Å². The first-order valence-corrected chi connectivity index (χ1v) is 9.90. The fraction of sp³-hybridized carbons (Fsp3) is 0.722. The highest BCUT2D eigenvalue weighted by atomic mass is 35.5. The van der Waals surface area contributed by atoms with Gasteiger partial charge < -0.3 is 15.4 Å².